The van der Waals surface area contributed by atoms with Gasteiger partial charge in [-0.15, -0.1) is 11.3 Å². The number of sulfonamides is 1. The van der Waals surface area contributed by atoms with Gasteiger partial charge in [0, 0.05) is 44.4 Å². The van der Waals surface area contributed by atoms with E-state index in [1.807, 2.05) is 13.8 Å². The molecule has 2 aliphatic rings. The molecule has 1 aliphatic heterocycles. The smallest absolute Gasteiger partial charge is 0.319 e. The number of fused-ring (bicyclic) bond motifs is 1. The summed E-state index contributed by atoms with van der Waals surface area (Å²) in [6.45, 7) is 6.12. The Balaban J connectivity index is 1.60. The maximum absolute atomic E-state index is 14.3. The first-order chi connectivity index (χ1) is 22.0. The van der Waals surface area contributed by atoms with Crippen molar-refractivity contribution < 1.29 is 32.6 Å². The Morgan fingerprint density at radius 1 is 1.13 bits per heavy atom. The summed E-state index contributed by atoms with van der Waals surface area (Å²) < 4.78 is 40.6. The van der Waals surface area contributed by atoms with Crippen LogP contribution in [0.5, 0.6) is 5.75 Å². The van der Waals surface area contributed by atoms with Gasteiger partial charge in [0.2, 0.25) is 0 Å². The Morgan fingerprint density at radius 2 is 1.87 bits per heavy atom. The molecule has 0 saturated heterocycles. The zero-order valence-corrected chi connectivity index (χ0v) is 29.1. The number of rotatable bonds is 8. The molecular weight excluding hydrogens is 629 g/mol. The highest BCUT2D eigenvalue weighted by Gasteiger charge is 2.32. The molecule has 2 heterocycles. The van der Waals surface area contributed by atoms with Crippen LogP contribution in [0.2, 0.25) is 0 Å². The van der Waals surface area contributed by atoms with Gasteiger partial charge in [0.25, 0.3) is 15.9 Å². The fraction of sp³-hybridized carbons (Fsp3) is 0.636. The van der Waals surface area contributed by atoms with Crippen molar-refractivity contribution in [2.24, 2.45) is 5.92 Å². The molecule has 0 unspecified atom stereocenters. The van der Waals surface area contributed by atoms with E-state index in [0.29, 0.717) is 18.0 Å². The summed E-state index contributed by atoms with van der Waals surface area (Å²) in [5.41, 5.74) is 0.741. The number of carbonyl (C=O) groups is 2. The minimum atomic E-state index is -3.70. The zero-order valence-electron chi connectivity index (χ0n) is 27.4. The van der Waals surface area contributed by atoms with Gasteiger partial charge in [-0.3, -0.25) is 4.79 Å². The Kier molecular flexibility index (Phi) is 13.3. The van der Waals surface area contributed by atoms with Crippen LogP contribution in [0.15, 0.2) is 39.9 Å². The van der Waals surface area contributed by atoms with E-state index >= 15 is 0 Å². The second kappa shape index (κ2) is 16.9. The summed E-state index contributed by atoms with van der Waals surface area (Å²) in [6.07, 6.45) is 6.90. The van der Waals surface area contributed by atoms with Gasteiger partial charge in [-0.05, 0) is 75.6 Å². The summed E-state index contributed by atoms with van der Waals surface area (Å²) in [5, 5.41) is 17.9. The Morgan fingerprint density at radius 3 is 2.57 bits per heavy atom. The maximum atomic E-state index is 14.3. The predicted octanol–water partition coefficient (Wildman–Crippen LogP) is 5.32. The first-order valence-electron chi connectivity index (χ1n) is 16.4. The molecule has 1 saturated carbocycles. The van der Waals surface area contributed by atoms with E-state index in [2.05, 4.69) is 10.6 Å². The number of aliphatic hydroxyl groups excluding tert-OH is 1. The molecule has 256 valence electrons. The van der Waals surface area contributed by atoms with Crippen molar-refractivity contribution in [2.45, 2.75) is 101 Å². The predicted molar refractivity (Wildman–Crippen MR) is 180 cm³/mol. The van der Waals surface area contributed by atoms with Crippen LogP contribution in [0, 0.1) is 5.92 Å². The van der Waals surface area contributed by atoms with Crippen LogP contribution in [0.1, 0.15) is 82.5 Å². The van der Waals surface area contributed by atoms with E-state index in [1.54, 1.807) is 54.6 Å². The van der Waals surface area contributed by atoms with Gasteiger partial charge >= 0.3 is 6.03 Å². The van der Waals surface area contributed by atoms with Crippen molar-refractivity contribution >= 4 is 39.0 Å². The fourth-order valence-electron chi connectivity index (χ4n) is 5.98. The molecule has 0 spiro atoms. The lowest BCUT2D eigenvalue weighted by atomic mass is 9.96. The highest BCUT2D eigenvalue weighted by Crippen LogP contribution is 2.29. The van der Waals surface area contributed by atoms with Gasteiger partial charge in [0.05, 0.1) is 30.4 Å². The molecule has 2 aromatic rings. The number of nitrogens with zero attached hydrogens (tertiary/aromatic N) is 2. The van der Waals surface area contributed by atoms with Crippen LogP contribution in [0.25, 0.3) is 0 Å². The summed E-state index contributed by atoms with van der Waals surface area (Å²) in [7, 11) is -2.16. The van der Waals surface area contributed by atoms with Crippen LogP contribution in [-0.2, 0) is 14.8 Å². The van der Waals surface area contributed by atoms with Crippen molar-refractivity contribution in [3.05, 3.63) is 41.3 Å². The Labute approximate surface area is 277 Å². The molecule has 3 amide bonds. The number of amides is 3. The van der Waals surface area contributed by atoms with Crippen LogP contribution in [0.4, 0.5) is 10.5 Å². The normalized spacial score (nSPS) is 23.2. The lowest BCUT2D eigenvalue weighted by Crippen LogP contribution is -2.48. The van der Waals surface area contributed by atoms with E-state index in [9.17, 15) is 23.1 Å². The largest absolute Gasteiger partial charge is 0.490 e. The topological polar surface area (TPSA) is 138 Å². The number of benzene rings is 1. The van der Waals surface area contributed by atoms with Crippen molar-refractivity contribution in [1.82, 2.24) is 14.5 Å². The standard InChI is InChI=1S/C33H50N4O7S2/c1-23-20-37(24(2)22-38)32(39)28-19-27(35-33(40)34-26-12-6-5-7-13-26)15-16-29(28)44-25(3)11-8-9-17-43-30(23)21-36(4)46(41,42)31-14-10-18-45-31/h10,14-16,18-19,23-26,30,38H,5-9,11-13,17,20-22H2,1-4H3,(H2,34,35,40)/t23-,24+,25+,30+/m0/s1. The van der Waals surface area contributed by atoms with Crippen molar-refractivity contribution in [3.8, 4) is 5.75 Å². The number of likely N-dealkylation sites (N-methyl/N-ethyl adjacent to an activating group) is 1. The number of hydrogen-bond acceptors (Lipinski definition) is 8. The maximum Gasteiger partial charge on any atom is 0.319 e. The molecule has 0 radical (unpaired) electrons. The molecule has 3 N–H and O–H groups in total. The number of hydrogen-bond donors (Lipinski definition) is 3. The van der Waals surface area contributed by atoms with Crippen molar-refractivity contribution in [3.63, 3.8) is 0 Å². The molecule has 4 atom stereocenters. The molecule has 1 aliphatic carbocycles. The number of aliphatic hydroxyl groups is 1. The number of anilines is 1. The minimum absolute atomic E-state index is 0.108. The quantitative estimate of drug-likeness (QED) is 0.344. The molecule has 1 fully saturated rings. The molecular formula is C33H50N4O7S2. The lowest BCUT2D eigenvalue weighted by molar-refractivity contribution is -0.00832. The fourth-order valence-corrected chi connectivity index (χ4v) is 8.36. The highest BCUT2D eigenvalue weighted by molar-refractivity contribution is 7.91. The van der Waals surface area contributed by atoms with E-state index in [4.69, 9.17) is 9.47 Å². The van der Waals surface area contributed by atoms with E-state index in [1.165, 1.54) is 22.1 Å². The van der Waals surface area contributed by atoms with Gasteiger partial charge in [-0.2, -0.15) is 4.31 Å². The van der Waals surface area contributed by atoms with Gasteiger partial charge in [0.15, 0.2) is 0 Å². The Hall–Kier alpha value is -2.71. The molecule has 0 bridgehead atoms. The molecule has 46 heavy (non-hydrogen) atoms. The van der Waals surface area contributed by atoms with Gasteiger partial charge in [0.1, 0.15) is 9.96 Å². The van der Waals surface area contributed by atoms with Gasteiger partial charge in [-0.25, -0.2) is 13.2 Å². The molecule has 11 nitrogen and oxygen atoms in total. The lowest BCUT2D eigenvalue weighted by Gasteiger charge is -2.35. The van der Waals surface area contributed by atoms with Crippen molar-refractivity contribution in [2.75, 3.05) is 38.7 Å². The third-order valence-electron chi connectivity index (χ3n) is 8.85. The third-order valence-corrected chi connectivity index (χ3v) is 12.0. The van der Waals surface area contributed by atoms with Crippen molar-refractivity contribution in [1.29, 1.82) is 0 Å². The third kappa shape index (κ3) is 9.66. The second-order valence-corrected chi connectivity index (χ2v) is 15.9. The number of carbonyl (C=O) groups excluding carboxylic acids is 2. The average Bonchev–Trinajstić information content (AvgIpc) is 3.59. The van der Waals surface area contributed by atoms with Gasteiger partial charge in [-0.1, -0.05) is 32.3 Å². The second-order valence-electron chi connectivity index (χ2n) is 12.7. The first kappa shape index (κ1) is 36.1. The highest BCUT2D eigenvalue weighted by atomic mass is 32.2. The molecule has 4 rings (SSSR count). The average molecular weight is 679 g/mol. The number of nitrogens with one attached hydrogen (secondary N) is 2. The molecule has 13 heteroatoms. The number of thiophene rings is 1. The minimum Gasteiger partial charge on any atom is -0.490 e. The van der Waals surface area contributed by atoms with E-state index in [0.717, 1.165) is 44.9 Å². The first-order valence-corrected chi connectivity index (χ1v) is 18.7. The molecule has 1 aromatic heterocycles. The summed E-state index contributed by atoms with van der Waals surface area (Å²) in [4.78, 5) is 28.8. The van der Waals surface area contributed by atoms with Crippen LogP contribution >= 0.6 is 11.3 Å². The Bertz CT molecular complexity index is 1380. The summed E-state index contributed by atoms with van der Waals surface area (Å²) in [6, 6.07) is 7.64. The van der Waals surface area contributed by atoms with E-state index in [-0.39, 0.29) is 59.5 Å². The number of ether oxygens (including phenoxy) is 2. The zero-order chi connectivity index (χ0) is 33.3. The monoisotopic (exact) mass is 678 g/mol. The van der Waals surface area contributed by atoms with Gasteiger partial charge < -0.3 is 30.1 Å². The SMILES string of the molecule is C[C@@H]1CCCCO[C@H](CN(C)S(=O)(=O)c2cccs2)[C@@H](C)CN([C@H](C)CO)C(=O)c2cc(NC(=O)NC3CCCCC3)ccc2O1. The van der Waals surface area contributed by atoms with E-state index < -0.39 is 22.2 Å². The summed E-state index contributed by atoms with van der Waals surface area (Å²) >= 11 is 1.17. The van der Waals surface area contributed by atoms with Crippen LogP contribution in [0.3, 0.4) is 0 Å². The van der Waals surface area contributed by atoms with Crippen LogP contribution in [-0.4, -0.2) is 92.3 Å². The van der Waals surface area contributed by atoms with Crippen LogP contribution < -0.4 is 15.4 Å². The summed E-state index contributed by atoms with van der Waals surface area (Å²) in [5.74, 6) is -0.236. The number of urea groups is 1. The molecule has 1 aromatic carbocycles.